The molecule has 0 atom stereocenters. The van der Waals surface area contributed by atoms with Crippen molar-refractivity contribution in [2.45, 2.75) is 45.9 Å². The molecule has 0 bridgehead atoms. The molecule has 0 saturated heterocycles. The lowest BCUT2D eigenvalue weighted by atomic mass is 10.1. The van der Waals surface area contributed by atoms with Gasteiger partial charge in [0, 0.05) is 63.8 Å². The lowest BCUT2D eigenvalue weighted by Crippen LogP contribution is -2.41. The zero-order valence-electron chi connectivity index (χ0n) is 25.9. The summed E-state index contributed by atoms with van der Waals surface area (Å²) in [6.45, 7) is 8.62. The molecule has 0 spiro atoms. The molecule has 5 amide bonds. The van der Waals surface area contributed by atoms with Crippen LogP contribution in [0.3, 0.4) is 0 Å². The van der Waals surface area contributed by atoms with Gasteiger partial charge in [-0.25, -0.2) is 0 Å². The van der Waals surface area contributed by atoms with Gasteiger partial charge < -0.3 is 30.9 Å². The van der Waals surface area contributed by atoms with Crippen LogP contribution in [0.2, 0.25) is 0 Å². The zero-order chi connectivity index (χ0) is 33.5. The molecule has 3 heterocycles. The van der Waals surface area contributed by atoms with E-state index < -0.39 is 17.7 Å². The van der Waals surface area contributed by atoms with Crippen molar-refractivity contribution in [3.8, 4) is 0 Å². The molecule has 0 aliphatic rings. The molecule has 8 N–H and O–H groups in total. The Hall–Kier alpha value is -4.95. The standard InChI is InChI=1S/C31H35ClN8O5S/c1-6-24(41)39-40-31(45)27-18(5)22(14-35-27)38-30(44)26-17(4)21(13-34-26)37-29(43)25-16(3)20(12-33-25)36-28(42)19-7-8-23(15(2)11-19)46-10-9-32/h7-8,11-14,33-35H,6,9-10H2,1-5H3,(H,36,42)(H,37,43)(H,38,44)(H,39,41)(H,40,45). The average Bonchev–Trinajstić information content (AvgIpc) is 3.71. The highest BCUT2D eigenvalue weighted by molar-refractivity contribution is 7.99. The third kappa shape index (κ3) is 7.64. The van der Waals surface area contributed by atoms with Crippen LogP contribution in [-0.4, -0.2) is 56.1 Å². The number of hydrogen-bond acceptors (Lipinski definition) is 6. The van der Waals surface area contributed by atoms with E-state index in [1.54, 1.807) is 51.7 Å². The van der Waals surface area contributed by atoms with Crippen molar-refractivity contribution in [3.05, 3.63) is 81.7 Å². The topological polar surface area (TPSA) is 193 Å². The van der Waals surface area contributed by atoms with Gasteiger partial charge in [-0.05, 0) is 51.5 Å². The fourth-order valence-electron chi connectivity index (χ4n) is 4.53. The quantitative estimate of drug-likeness (QED) is 0.0619. The summed E-state index contributed by atoms with van der Waals surface area (Å²) in [5, 5.41) is 8.39. The number of carbonyl (C=O) groups is 5. The largest absolute Gasteiger partial charge is 0.355 e. The molecule has 0 unspecified atom stereocenters. The molecule has 0 aliphatic carbocycles. The zero-order valence-corrected chi connectivity index (χ0v) is 27.5. The van der Waals surface area contributed by atoms with Crippen molar-refractivity contribution in [2.24, 2.45) is 0 Å². The number of thioether (sulfide) groups is 1. The van der Waals surface area contributed by atoms with Gasteiger partial charge in [0.1, 0.15) is 17.1 Å². The molecule has 13 nitrogen and oxygen atoms in total. The third-order valence-electron chi connectivity index (χ3n) is 7.25. The highest BCUT2D eigenvalue weighted by Crippen LogP contribution is 2.26. The predicted molar refractivity (Wildman–Crippen MR) is 179 cm³/mol. The number of aromatic amines is 3. The number of carbonyl (C=O) groups excluding carboxylic acids is 5. The Morgan fingerprint density at radius 3 is 1.63 bits per heavy atom. The molecule has 3 aromatic heterocycles. The van der Waals surface area contributed by atoms with Crippen LogP contribution in [0.1, 0.15) is 77.4 Å². The number of anilines is 3. The maximum absolute atomic E-state index is 13.2. The van der Waals surface area contributed by atoms with E-state index in [1.807, 2.05) is 19.1 Å². The van der Waals surface area contributed by atoms with Crippen LogP contribution >= 0.6 is 23.4 Å². The Morgan fingerprint density at radius 2 is 1.17 bits per heavy atom. The second kappa shape index (κ2) is 14.9. The second-order valence-electron chi connectivity index (χ2n) is 10.3. The molecular weight excluding hydrogens is 632 g/mol. The lowest BCUT2D eigenvalue weighted by Gasteiger charge is -2.09. The van der Waals surface area contributed by atoms with Gasteiger partial charge in [-0.15, -0.1) is 23.4 Å². The molecule has 4 rings (SSSR count). The molecule has 0 fully saturated rings. The third-order valence-corrected chi connectivity index (χ3v) is 8.84. The summed E-state index contributed by atoms with van der Waals surface area (Å²) in [5.41, 5.74) is 9.38. The number of hydrogen-bond donors (Lipinski definition) is 8. The van der Waals surface area contributed by atoms with Crippen LogP contribution in [0.15, 0.2) is 41.7 Å². The van der Waals surface area contributed by atoms with Crippen molar-refractivity contribution in [2.75, 3.05) is 27.6 Å². The number of amides is 5. The van der Waals surface area contributed by atoms with Gasteiger partial charge >= 0.3 is 0 Å². The Kier molecular flexibility index (Phi) is 11.0. The lowest BCUT2D eigenvalue weighted by molar-refractivity contribution is -0.121. The van der Waals surface area contributed by atoms with Gasteiger partial charge in [0.05, 0.1) is 17.1 Å². The van der Waals surface area contributed by atoms with Crippen molar-refractivity contribution in [1.82, 2.24) is 25.8 Å². The number of aromatic nitrogens is 3. The van der Waals surface area contributed by atoms with E-state index in [1.165, 1.54) is 12.4 Å². The summed E-state index contributed by atoms with van der Waals surface area (Å²) < 4.78 is 0. The number of rotatable bonds is 11. The Balaban J connectivity index is 1.39. The van der Waals surface area contributed by atoms with E-state index >= 15 is 0 Å². The molecule has 46 heavy (non-hydrogen) atoms. The first-order chi connectivity index (χ1) is 21.9. The first-order valence-corrected chi connectivity index (χ1v) is 15.8. The van der Waals surface area contributed by atoms with Gasteiger partial charge in [0.25, 0.3) is 23.6 Å². The highest BCUT2D eigenvalue weighted by atomic mass is 35.5. The molecule has 1 aromatic carbocycles. The van der Waals surface area contributed by atoms with Crippen LogP contribution in [-0.2, 0) is 4.79 Å². The van der Waals surface area contributed by atoms with E-state index in [9.17, 15) is 24.0 Å². The highest BCUT2D eigenvalue weighted by Gasteiger charge is 2.22. The summed E-state index contributed by atoms with van der Waals surface area (Å²) in [4.78, 5) is 72.7. The maximum atomic E-state index is 13.2. The number of hydrazine groups is 1. The first-order valence-electron chi connectivity index (χ1n) is 14.3. The number of aryl methyl sites for hydroxylation is 1. The van der Waals surface area contributed by atoms with Gasteiger partial charge in [-0.2, -0.15) is 0 Å². The number of alkyl halides is 1. The van der Waals surface area contributed by atoms with Crippen LogP contribution < -0.4 is 26.8 Å². The molecule has 0 radical (unpaired) electrons. The van der Waals surface area contributed by atoms with Crippen molar-refractivity contribution >= 4 is 70.0 Å². The second-order valence-corrected chi connectivity index (χ2v) is 11.9. The number of benzene rings is 1. The molecule has 242 valence electrons. The minimum atomic E-state index is -0.565. The molecule has 0 saturated carbocycles. The Morgan fingerprint density at radius 1 is 0.696 bits per heavy atom. The summed E-state index contributed by atoms with van der Waals surface area (Å²) in [6.07, 6.45) is 4.72. The minimum Gasteiger partial charge on any atom is -0.355 e. The van der Waals surface area contributed by atoms with Crippen LogP contribution in [0.5, 0.6) is 0 Å². The fourth-order valence-corrected chi connectivity index (χ4v) is 5.51. The normalized spacial score (nSPS) is 10.7. The summed E-state index contributed by atoms with van der Waals surface area (Å²) in [6, 6.07) is 5.45. The fraction of sp³-hybridized carbons (Fsp3) is 0.258. The van der Waals surface area contributed by atoms with Gasteiger partial charge in [0.15, 0.2) is 0 Å². The average molecular weight is 667 g/mol. The SMILES string of the molecule is CCC(=O)NNC(=O)c1[nH]cc(NC(=O)c2[nH]cc(NC(=O)c3[nH]cc(NC(=O)c4ccc(SCCCl)c(C)c4)c3C)c2C)c1C. The summed E-state index contributed by atoms with van der Waals surface area (Å²) in [5.74, 6) is -0.863. The molecule has 4 aromatic rings. The summed E-state index contributed by atoms with van der Waals surface area (Å²) >= 11 is 7.41. The molecule has 0 aliphatic heterocycles. The van der Waals surface area contributed by atoms with Gasteiger partial charge in [-0.1, -0.05) is 6.92 Å². The first kappa shape index (κ1) is 33.9. The minimum absolute atomic E-state index is 0.171. The van der Waals surface area contributed by atoms with Gasteiger partial charge in [0.2, 0.25) is 5.91 Å². The Labute approximate surface area is 274 Å². The smallest absolute Gasteiger partial charge is 0.286 e. The van der Waals surface area contributed by atoms with Crippen LogP contribution in [0.4, 0.5) is 17.1 Å². The van der Waals surface area contributed by atoms with Crippen molar-refractivity contribution in [3.63, 3.8) is 0 Å². The molecular formula is C31H35ClN8O5S. The van der Waals surface area contributed by atoms with Crippen molar-refractivity contribution in [1.29, 1.82) is 0 Å². The maximum Gasteiger partial charge on any atom is 0.286 e. The van der Waals surface area contributed by atoms with E-state index in [0.717, 1.165) is 16.2 Å². The number of H-pyrrole nitrogens is 3. The van der Waals surface area contributed by atoms with E-state index in [0.29, 0.717) is 45.2 Å². The molecule has 15 heteroatoms. The van der Waals surface area contributed by atoms with E-state index in [-0.39, 0.29) is 35.3 Å². The Bertz CT molecular complexity index is 1810. The van der Waals surface area contributed by atoms with Crippen molar-refractivity contribution < 1.29 is 24.0 Å². The monoisotopic (exact) mass is 666 g/mol. The summed E-state index contributed by atoms with van der Waals surface area (Å²) in [7, 11) is 0. The van der Waals surface area contributed by atoms with E-state index in [4.69, 9.17) is 11.6 Å². The predicted octanol–water partition coefficient (Wildman–Crippen LogP) is 5.16. The van der Waals surface area contributed by atoms with Gasteiger partial charge in [-0.3, -0.25) is 34.8 Å². The van der Waals surface area contributed by atoms with Crippen LogP contribution in [0.25, 0.3) is 0 Å². The number of halogens is 1. The van der Waals surface area contributed by atoms with E-state index in [2.05, 4.69) is 41.8 Å². The number of nitrogens with one attached hydrogen (secondary N) is 8. The van der Waals surface area contributed by atoms with Crippen LogP contribution in [0, 0.1) is 27.7 Å².